The summed E-state index contributed by atoms with van der Waals surface area (Å²) in [7, 11) is 0. The SMILES string of the molecule is CCC(C)Cc1cnc(-c2ccncc2)nc1NC1CCCC1. The zero-order valence-electron chi connectivity index (χ0n) is 14.1. The molecule has 122 valence electrons. The minimum absolute atomic E-state index is 0.561. The Morgan fingerprint density at radius 2 is 1.96 bits per heavy atom. The van der Waals surface area contributed by atoms with Gasteiger partial charge < -0.3 is 5.32 Å². The minimum atomic E-state index is 0.561. The summed E-state index contributed by atoms with van der Waals surface area (Å²) in [5, 5.41) is 3.68. The van der Waals surface area contributed by atoms with Gasteiger partial charge in [0.15, 0.2) is 5.82 Å². The first-order valence-electron chi connectivity index (χ1n) is 8.79. The summed E-state index contributed by atoms with van der Waals surface area (Å²) < 4.78 is 0. The predicted octanol–water partition coefficient (Wildman–Crippen LogP) is 4.48. The number of hydrogen-bond acceptors (Lipinski definition) is 4. The van der Waals surface area contributed by atoms with Gasteiger partial charge in [0, 0.05) is 35.8 Å². The Labute approximate surface area is 138 Å². The molecule has 4 heteroatoms. The fraction of sp³-hybridized carbons (Fsp3) is 0.526. The molecule has 0 spiro atoms. The number of nitrogens with one attached hydrogen (secondary N) is 1. The van der Waals surface area contributed by atoms with E-state index in [0.717, 1.165) is 23.6 Å². The molecule has 0 bridgehead atoms. The fourth-order valence-corrected chi connectivity index (χ4v) is 3.10. The molecule has 1 N–H and O–H groups in total. The monoisotopic (exact) mass is 310 g/mol. The Balaban J connectivity index is 1.89. The molecule has 1 saturated carbocycles. The summed E-state index contributed by atoms with van der Waals surface area (Å²) in [6.07, 6.45) is 12.9. The summed E-state index contributed by atoms with van der Waals surface area (Å²) in [6, 6.07) is 4.48. The van der Waals surface area contributed by atoms with E-state index in [2.05, 4.69) is 29.1 Å². The molecule has 1 aliphatic carbocycles. The van der Waals surface area contributed by atoms with Gasteiger partial charge in [0.25, 0.3) is 0 Å². The van der Waals surface area contributed by atoms with Crippen LogP contribution in [0.4, 0.5) is 5.82 Å². The lowest BCUT2D eigenvalue weighted by Crippen LogP contribution is -2.18. The first-order chi connectivity index (χ1) is 11.3. The summed E-state index contributed by atoms with van der Waals surface area (Å²) in [5.74, 6) is 2.45. The molecule has 2 aromatic heterocycles. The molecule has 0 saturated heterocycles. The summed E-state index contributed by atoms with van der Waals surface area (Å²) in [4.78, 5) is 13.5. The molecule has 1 atom stereocenters. The lowest BCUT2D eigenvalue weighted by atomic mass is 10.00. The smallest absolute Gasteiger partial charge is 0.161 e. The van der Waals surface area contributed by atoms with Crippen molar-refractivity contribution < 1.29 is 0 Å². The second-order valence-electron chi connectivity index (χ2n) is 6.65. The highest BCUT2D eigenvalue weighted by Gasteiger charge is 2.18. The van der Waals surface area contributed by atoms with E-state index in [1.807, 2.05) is 18.3 Å². The van der Waals surface area contributed by atoms with E-state index in [1.54, 1.807) is 12.4 Å². The van der Waals surface area contributed by atoms with Crippen molar-refractivity contribution in [2.75, 3.05) is 5.32 Å². The third-order valence-corrected chi connectivity index (χ3v) is 4.76. The molecule has 1 unspecified atom stereocenters. The van der Waals surface area contributed by atoms with Crippen LogP contribution in [-0.2, 0) is 6.42 Å². The molecule has 23 heavy (non-hydrogen) atoms. The highest BCUT2D eigenvalue weighted by atomic mass is 15.1. The zero-order valence-corrected chi connectivity index (χ0v) is 14.1. The molecule has 0 radical (unpaired) electrons. The first kappa shape index (κ1) is 15.9. The van der Waals surface area contributed by atoms with Crippen molar-refractivity contribution in [3.05, 3.63) is 36.3 Å². The quantitative estimate of drug-likeness (QED) is 0.854. The van der Waals surface area contributed by atoms with Gasteiger partial charge in [-0.15, -0.1) is 0 Å². The third kappa shape index (κ3) is 4.06. The molecule has 0 amide bonds. The van der Waals surface area contributed by atoms with E-state index in [0.29, 0.717) is 12.0 Å². The number of rotatable bonds is 6. The Morgan fingerprint density at radius 3 is 2.65 bits per heavy atom. The van der Waals surface area contributed by atoms with E-state index in [1.165, 1.54) is 37.7 Å². The maximum absolute atomic E-state index is 4.84. The lowest BCUT2D eigenvalue weighted by Gasteiger charge is -2.18. The lowest BCUT2D eigenvalue weighted by molar-refractivity contribution is 0.558. The minimum Gasteiger partial charge on any atom is -0.367 e. The first-order valence-corrected chi connectivity index (χ1v) is 8.79. The fourth-order valence-electron chi connectivity index (χ4n) is 3.10. The highest BCUT2D eigenvalue weighted by molar-refractivity contribution is 5.58. The van der Waals surface area contributed by atoms with E-state index >= 15 is 0 Å². The predicted molar refractivity (Wildman–Crippen MR) is 94.3 cm³/mol. The van der Waals surface area contributed by atoms with Crippen molar-refractivity contribution >= 4 is 5.82 Å². The van der Waals surface area contributed by atoms with Gasteiger partial charge in [0.1, 0.15) is 5.82 Å². The van der Waals surface area contributed by atoms with Crippen LogP contribution in [0.2, 0.25) is 0 Å². The molecular formula is C19H26N4. The van der Waals surface area contributed by atoms with Crippen molar-refractivity contribution in [3.8, 4) is 11.4 Å². The molecule has 0 aromatic carbocycles. The van der Waals surface area contributed by atoms with Crippen LogP contribution >= 0.6 is 0 Å². The average molecular weight is 310 g/mol. The van der Waals surface area contributed by atoms with Crippen LogP contribution in [0.1, 0.15) is 51.5 Å². The van der Waals surface area contributed by atoms with E-state index in [4.69, 9.17) is 4.98 Å². The van der Waals surface area contributed by atoms with Gasteiger partial charge in [-0.1, -0.05) is 33.1 Å². The number of hydrogen-bond donors (Lipinski definition) is 1. The van der Waals surface area contributed by atoms with Crippen LogP contribution in [0.25, 0.3) is 11.4 Å². The molecule has 1 aliphatic rings. The molecule has 1 fully saturated rings. The van der Waals surface area contributed by atoms with E-state index in [9.17, 15) is 0 Å². The molecule has 3 rings (SSSR count). The van der Waals surface area contributed by atoms with Crippen molar-refractivity contribution in [1.29, 1.82) is 0 Å². The van der Waals surface area contributed by atoms with Crippen molar-refractivity contribution in [1.82, 2.24) is 15.0 Å². The van der Waals surface area contributed by atoms with Crippen molar-refractivity contribution in [2.24, 2.45) is 5.92 Å². The van der Waals surface area contributed by atoms with Gasteiger partial charge in [-0.3, -0.25) is 4.98 Å². The van der Waals surface area contributed by atoms with Gasteiger partial charge in [-0.05, 0) is 37.3 Å². The summed E-state index contributed by atoms with van der Waals surface area (Å²) >= 11 is 0. The van der Waals surface area contributed by atoms with E-state index in [-0.39, 0.29) is 0 Å². The van der Waals surface area contributed by atoms with Crippen LogP contribution in [0.5, 0.6) is 0 Å². The molecule has 0 aliphatic heterocycles. The third-order valence-electron chi connectivity index (χ3n) is 4.76. The van der Waals surface area contributed by atoms with Crippen LogP contribution in [0.3, 0.4) is 0 Å². The van der Waals surface area contributed by atoms with Crippen LogP contribution in [0.15, 0.2) is 30.7 Å². The van der Waals surface area contributed by atoms with Gasteiger partial charge in [-0.25, -0.2) is 9.97 Å². The van der Waals surface area contributed by atoms with Crippen LogP contribution < -0.4 is 5.32 Å². The normalized spacial score (nSPS) is 16.4. The molecule has 2 heterocycles. The standard InChI is InChI=1S/C19H26N4/c1-3-14(2)12-16-13-21-18(15-8-10-20-11-9-15)23-19(16)22-17-6-4-5-7-17/h8-11,13-14,17H,3-7,12H2,1-2H3,(H,21,22,23). The number of aromatic nitrogens is 3. The summed E-state index contributed by atoms with van der Waals surface area (Å²) in [5.41, 5.74) is 2.26. The summed E-state index contributed by atoms with van der Waals surface area (Å²) in [6.45, 7) is 4.52. The molecule has 4 nitrogen and oxygen atoms in total. The second-order valence-corrected chi connectivity index (χ2v) is 6.65. The number of nitrogens with zero attached hydrogens (tertiary/aromatic N) is 3. The van der Waals surface area contributed by atoms with Gasteiger partial charge in [0.2, 0.25) is 0 Å². The Bertz CT molecular complexity index is 621. The van der Waals surface area contributed by atoms with Crippen LogP contribution in [-0.4, -0.2) is 21.0 Å². The highest BCUT2D eigenvalue weighted by Crippen LogP contribution is 2.26. The van der Waals surface area contributed by atoms with Crippen LogP contribution in [0, 0.1) is 5.92 Å². The Morgan fingerprint density at radius 1 is 1.22 bits per heavy atom. The van der Waals surface area contributed by atoms with Gasteiger partial charge in [0.05, 0.1) is 0 Å². The van der Waals surface area contributed by atoms with Gasteiger partial charge >= 0.3 is 0 Å². The topological polar surface area (TPSA) is 50.7 Å². The molecule has 2 aromatic rings. The van der Waals surface area contributed by atoms with Crippen molar-refractivity contribution in [3.63, 3.8) is 0 Å². The average Bonchev–Trinajstić information content (AvgIpc) is 3.10. The number of pyridine rings is 1. The molecular weight excluding hydrogens is 284 g/mol. The maximum Gasteiger partial charge on any atom is 0.161 e. The Hall–Kier alpha value is -1.97. The number of anilines is 1. The Kier molecular flexibility index (Phi) is 5.21. The zero-order chi connectivity index (χ0) is 16.1. The largest absolute Gasteiger partial charge is 0.367 e. The van der Waals surface area contributed by atoms with Gasteiger partial charge in [-0.2, -0.15) is 0 Å². The second kappa shape index (κ2) is 7.53. The van der Waals surface area contributed by atoms with E-state index < -0.39 is 0 Å². The maximum atomic E-state index is 4.84. The van der Waals surface area contributed by atoms with Crippen molar-refractivity contribution in [2.45, 2.75) is 58.4 Å².